The molecule has 0 bridgehead atoms. The number of hydrogen-bond donors (Lipinski definition) is 1. The highest BCUT2D eigenvalue weighted by atomic mass is 32.2. The van der Waals surface area contributed by atoms with E-state index in [1.165, 1.54) is 23.8 Å². The van der Waals surface area contributed by atoms with Crippen LogP contribution in [0.5, 0.6) is 0 Å². The maximum atomic E-state index is 13.3. The van der Waals surface area contributed by atoms with Crippen molar-refractivity contribution in [3.05, 3.63) is 71.6 Å². The van der Waals surface area contributed by atoms with E-state index in [0.29, 0.717) is 6.42 Å². The average Bonchev–Trinajstić information content (AvgIpc) is 3.19. The summed E-state index contributed by atoms with van der Waals surface area (Å²) in [6.45, 7) is 0. The van der Waals surface area contributed by atoms with Crippen molar-refractivity contribution in [2.45, 2.75) is 24.2 Å². The van der Waals surface area contributed by atoms with Crippen LogP contribution in [0.2, 0.25) is 0 Å². The van der Waals surface area contributed by atoms with E-state index >= 15 is 0 Å². The topological polar surface area (TPSA) is 60.2 Å². The van der Waals surface area contributed by atoms with Crippen molar-refractivity contribution in [3.8, 4) is 0 Å². The molecule has 3 aliphatic carbocycles. The molecule has 1 unspecified atom stereocenters. The number of allylic oxidation sites excluding steroid dienone is 8. The number of rotatable bonds is 3. The SMILES string of the molecule is NS(=O)(=O)c1ccc(C2=CC3(C=C2C2C=CC(F)=CC2)CC3)cc1. The summed E-state index contributed by atoms with van der Waals surface area (Å²) in [4.78, 5) is 0.110. The lowest BCUT2D eigenvalue weighted by atomic mass is 9.86. The van der Waals surface area contributed by atoms with Crippen LogP contribution in [-0.4, -0.2) is 8.42 Å². The van der Waals surface area contributed by atoms with Crippen molar-refractivity contribution >= 4 is 15.6 Å². The Bertz CT molecular complexity index is 917. The molecule has 1 spiro atoms. The van der Waals surface area contributed by atoms with Gasteiger partial charge in [0.2, 0.25) is 10.0 Å². The number of hydrogen-bond acceptors (Lipinski definition) is 2. The molecule has 1 aromatic carbocycles. The van der Waals surface area contributed by atoms with E-state index in [-0.39, 0.29) is 22.1 Å². The van der Waals surface area contributed by atoms with Gasteiger partial charge in [0, 0.05) is 11.3 Å². The number of primary sulfonamides is 1. The van der Waals surface area contributed by atoms with Crippen LogP contribution in [0.25, 0.3) is 5.57 Å². The Morgan fingerprint density at radius 1 is 1.12 bits per heavy atom. The van der Waals surface area contributed by atoms with Gasteiger partial charge in [-0.1, -0.05) is 30.4 Å². The molecule has 124 valence electrons. The Labute approximate surface area is 141 Å². The van der Waals surface area contributed by atoms with Crippen molar-refractivity contribution in [2.24, 2.45) is 16.5 Å². The molecule has 3 aliphatic rings. The van der Waals surface area contributed by atoms with Crippen LogP contribution in [0.1, 0.15) is 24.8 Å². The zero-order valence-corrected chi connectivity index (χ0v) is 13.9. The second-order valence-electron chi connectivity index (χ2n) is 6.75. The van der Waals surface area contributed by atoms with E-state index in [0.717, 1.165) is 24.0 Å². The second-order valence-corrected chi connectivity index (χ2v) is 8.31. The Morgan fingerprint density at radius 2 is 1.83 bits per heavy atom. The predicted octanol–water partition coefficient (Wildman–Crippen LogP) is 3.87. The summed E-state index contributed by atoms with van der Waals surface area (Å²) in [6.07, 6.45) is 12.6. The fourth-order valence-corrected chi connectivity index (χ4v) is 3.95. The third-order valence-electron chi connectivity index (χ3n) is 4.96. The normalized spacial score (nSPS) is 24.6. The molecule has 5 heteroatoms. The van der Waals surface area contributed by atoms with Crippen LogP contribution >= 0.6 is 0 Å². The van der Waals surface area contributed by atoms with Crippen molar-refractivity contribution in [1.29, 1.82) is 0 Å². The molecule has 1 saturated carbocycles. The Balaban J connectivity index is 1.69. The smallest absolute Gasteiger partial charge is 0.225 e. The number of halogens is 1. The molecule has 0 saturated heterocycles. The van der Waals surface area contributed by atoms with Crippen molar-refractivity contribution in [3.63, 3.8) is 0 Å². The van der Waals surface area contributed by atoms with Gasteiger partial charge < -0.3 is 0 Å². The minimum absolute atomic E-state index is 0.110. The molecule has 3 nitrogen and oxygen atoms in total. The second kappa shape index (κ2) is 5.26. The molecule has 0 aromatic heterocycles. The molecule has 24 heavy (non-hydrogen) atoms. The molecule has 0 radical (unpaired) electrons. The molecular weight excluding hydrogens is 325 g/mol. The first-order valence-corrected chi connectivity index (χ1v) is 9.54. The van der Waals surface area contributed by atoms with Gasteiger partial charge in [0.05, 0.1) is 4.90 Å². The molecule has 0 heterocycles. The van der Waals surface area contributed by atoms with Crippen molar-refractivity contribution < 1.29 is 12.8 Å². The third-order valence-corrected chi connectivity index (χ3v) is 5.89. The lowest BCUT2D eigenvalue weighted by Crippen LogP contribution is -2.12. The van der Waals surface area contributed by atoms with E-state index in [1.54, 1.807) is 18.2 Å². The third kappa shape index (κ3) is 2.78. The molecule has 1 aromatic rings. The fraction of sp³-hybridized carbons (Fsp3) is 0.263. The number of sulfonamides is 1. The molecule has 1 fully saturated rings. The monoisotopic (exact) mass is 343 g/mol. The summed E-state index contributed by atoms with van der Waals surface area (Å²) >= 11 is 0. The zero-order chi connectivity index (χ0) is 16.9. The van der Waals surface area contributed by atoms with Crippen molar-refractivity contribution in [1.82, 2.24) is 0 Å². The van der Waals surface area contributed by atoms with Gasteiger partial charge in [-0.25, -0.2) is 17.9 Å². The Kier molecular flexibility index (Phi) is 3.41. The Morgan fingerprint density at radius 3 is 2.38 bits per heavy atom. The molecule has 0 amide bonds. The summed E-state index contributed by atoms with van der Waals surface area (Å²) < 4.78 is 36.1. The summed E-state index contributed by atoms with van der Waals surface area (Å²) in [5.74, 6) is -0.0253. The van der Waals surface area contributed by atoms with Crippen LogP contribution in [-0.2, 0) is 10.0 Å². The highest BCUT2D eigenvalue weighted by molar-refractivity contribution is 7.89. The maximum absolute atomic E-state index is 13.3. The molecule has 2 N–H and O–H groups in total. The minimum Gasteiger partial charge on any atom is -0.225 e. The van der Waals surface area contributed by atoms with Gasteiger partial charge >= 0.3 is 0 Å². The minimum atomic E-state index is -3.69. The van der Waals surface area contributed by atoms with Gasteiger partial charge in [-0.05, 0) is 60.3 Å². The summed E-state index contributed by atoms with van der Waals surface area (Å²) in [6, 6.07) is 6.67. The van der Waals surface area contributed by atoms with Crippen LogP contribution in [0.3, 0.4) is 0 Å². The first-order valence-electron chi connectivity index (χ1n) is 7.99. The summed E-state index contributed by atoms with van der Waals surface area (Å²) in [5, 5.41) is 5.17. The van der Waals surface area contributed by atoms with E-state index in [1.807, 2.05) is 6.08 Å². The van der Waals surface area contributed by atoms with Gasteiger partial charge in [-0.3, -0.25) is 0 Å². The molecule has 0 aliphatic heterocycles. The first kappa shape index (κ1) is 15.5. The van der Waals surface area contributed by atoms with Gasteiger partial charge in [0.15, 0.2) is 0 Å². The molecular formula is C19H18FNO2S. The van der Waals surface area contributed by atoms with E-state index in [4.69, 9.17) is 5.14 Å². The summed E-state index contributed by atoms with van der Waals surface area (Å²) in [7, 11) is -3.69. The average molecular weight is 343 g/mol. The Hall–Kier alpha value is -1.98. The highest BCUT2D eigenvalue weighted by Crippen LogP contribution is 2.57. The fourth-order valence-electron chi connectivity index (χ4n) is 3.44. The lowest BCUT2D eigenvalue weighted by Gasteiger charge is -2.19. The molecule has 4 rings (SSSR count). The number of benzene rings is 1. The first-order chi connectivity index (χ1) is 11.4. The van der Waals surface area contributed by atoms with Crippen LogP contribution in [0.15, 0.2) is 70.9 Å². The lowest BCUT2D eigenvalue weighted by molar-refractivity contribution is 0.598. The number of nitrogens with two attached hydrogens (primary N) is 1. The van der Waals surface area contributed by atoms with Gasteiger partial charge in [-0.2, -0.15) is 0 Å². The van der Waals surface area contributed by atoms with Gasteiger partial charge in [-0.15, -0.1) is 0 Å². The standard InChI is InChI=1S/C19H18FNO2S/c20-15-5-1-13(2-6-15)17-11-19(9-10-19)12-18(17)14-3-7-16(8-4-14)24(21,22)23/h1,3-8,11-13H,2,9-10H2,(H2,21,22,23). The molecule has 1 atom stereocenters. The largest absolute Gasteiger partial charge is 0.238 e. The van der Waals surface area contributed by atoms with Crippen LogP contribution < -0.4 is 5.14 Å². The highest BCUT2D eigenvalue weighted by Gasteiger charge is 2.44. The van der Waals surface area contributed by atoms with Gasteiger partial charge in [0.1, 0.15) is 5.83 Å². The zero-order valence-electron chi connectivity index (χ0n) is 13.1. The van der Waals surface area contributed by atoms with Crippen LogP contribution in [0.4, 0.5) is 4.39 Å². The summed E-state index contributed by atoms with van der Waals surface area (Å²) in [5.41, 5.74) is 3.45. The maximum Gasteiger partial charge on any atom is 0.238 e. The van der Waals surface area contributed by atoms with E-state index < -0.39 is 10.0 Å². The van der Waals surface area contributed by atoms with E-state index in [9.17, 15) is 12.8 Å². The van der Waals surface area contributed by atoms with Crippen molar-refractivity contribution in [2.75, 3.05) is 0 Å². The van der Waals surface area contributed by atoms with E-state index in [2.05, 4.69) is 12.2 Å². The predicted molar refractivity (Wildman–Crippen MR) is 92.0 cm³/mol. The quantitative estimate of drug-likeness (QED) is 0.906. The van der Waals surface area contributed by atoms with Gasteiger partial charge in [0.25, 0.3) is 0 Å². The van der Waals surface area contributed by atoms with Crippen LogP contribution in [0, 0.1) is 11.3 Å².